The summed E-state index contributed by atoms with van der Waals surface area (Å²) < 4.78 is 5.40. The van der Waals surface area contributed by atoms with Gasteiger partial charge in [-0.25, -0.2) is 4.79 Å². The molecule has 24 heavy (non-hydrogen) atoms. The molecule has 0 atom stereocenters. The fourth-order valence-corrected chi connectivity index (χ4v) is 2.40. The standard InChI is InChI=1S/C18H24N2O4/c1-12(2)8-9-20(3)18(23)24-14-5-6-15-13(4-7-17(21)22)11-19-16(15)10-14/h5-6,10-12,19H,4,7-9H2,1-3H3,(H,21,22). The zero-order valence-electron chi connectivity index (χ0n) is 14.3. The monoisotopic (exact) mass is 332 g/mol. The van der Waals surface area contributed by atoms with Crippen LogP contribution in [-0.4, -0.2) is 40.6 Å². The number of benzene rings is 1. The highest BCUT2D eigenvalue weighted by Gasteiger charge is 2.13. The number of hydrogen-bond donors (Lipinski definition) is 2. The van der Waals surface area contributed by atoms with Gasteiger partial charge in [0.25, 0.3) is 0 Å². The van der Waals surface area contributed by atoms with Gasteiger partial charge >= 0.3 is 12.1 Å². The molecule has 0 aliphatic carbocycles. The lowest BCUT2D eigenvalue weighted by Crippen LogP contribution is -2.31. The van der Waals surface area contributed by atoms with Crippen molar-refractivity contribution >= 4 is 23.0 Å². The fraction of sp³-hybridized carbons (Fsp3) is 0.444. The molecule has 2 rings (SSSR count). The molecule has 0 fully saturated rings. The number of carbonyl (C=O) groups excluding carboxylic acids is 1. The summed E-state index contributed by atoms with van der Waals surface area (Å²) in [5, 5.41) is 9.73. The molecule has 2 N–H and O–H groups in total. The second-order valence-electron chi connectivity index (χ2n) is 6.39. The number of aliphatic carboxylic acids is 1. The summed E-state index contributed by atoms with van der Waals surface area (Å²) in [6.45, 7) is 4.88. The molecular formula is C18H24N2O4. The van der Waals surface area contributed by atoms with Crippen LogP contribution in [0.3, 0.4) is 0 Å². The van der Waals surface area contributed by atoms with Crippen LogP contribution in [-0.2, 0) is 11.2 Å². The van der Waals surface area contributed by atoms with E-state index in [1.165, 1.54) is 0 Å². The van der Waals surface area contributed by atoms with Crippen LogP contribution < -0.4 is 4.74 Å². The van der Waals surface area contributed by atoms with Crippen molar-refractivity contribution in [3.05, 3.63) is 30.0 Å². The highest BCUT2D eigenvalue weighted by Crippen LogP contribution is 2.24. The lowest BCUT2D eigenvalue weighted by Gasteiger charge is -2.17. The van der Waals surface area contributed by atoms with Crippen LogP contribution in [0.5, 0.6) is 5.75 Å². The number of aryl methyl sites for hydroxylation is 1. The molecule has 1 aromatic carbocycles. The number of aromatic amines is 1. The van der Waals surface area contributed by atoms with Crippen LogP contribution in [0.25, 0.3) is 10.9 Å². The van der Waals surface area contributed by atoms with Gasteiger partial charge in [0, 0.05) is 43.2 Å². The summed E-state index contributed by atoms with van der Waals surface area (Å²) in [5.41, 5.74) is 1.77. The van der Waals surface area contributed by atoms with Crippen molar-refractivity contribution in [1.29, 1.82) is 0 Å². The van der Waals surface area contributed by atoms with E-state index in [1.807, 2.05) is 6.07 Å². The van der Waals surface area contributed by atoms with E-state index in [0.29, 0.717) is 24.6 Å². The number of ether oxygens (including phenoxy) is 1. The molecule has 6 nitrogen and oxygen atoms in total. The summed E-state index contributed by atoms with van der Waals surface area (Å²) in [6.07, 6.45) is 2.89. The van der Waals surface area contributed by atoms with Gasteiger partial charge in [-0.1, -0.05) is 13.8 Å². The zero-order valence-corrected chi connectivity index (χ0v) is 14.3. The Morgan fingerprint density at radius 2 is 2.08 bits per heavy atom. The minimum atomic E-state index is -0.820. The number of hydrogen-bond acceptors (Lipinski definition) is 3. The van der Waals surface area contributed by atoms with Crippen LogP contribution in [0.2, 0.25) is 0 Å². The van der Waals surface area contributed by atoms with Gasteiger partial charge in [0.2, 0.25) is 0 Å². The molecule has 2 aromatic rings. The SMILES string of the molecule is CC(C)CCN(C)C(=O)Oc1ccc2c(CCC(=O)O)c[nH]c2c1. The van der Waals surface area contributed by atoms with E-state index in [1.54, 1.807) is 30.3 Å². The summed E-state index contributed by atoms with van der Waals surface area (Å²) in [5.74, 6) is 0.176. The van der Waals surface area contributed by atoms with Crippen LogP contribution >= 0.6 is 0 Å². The Morgan fingerprint density at radius 3 is 2.75 bits per heavy atom. The number of carbonyl (C=O) groups is 2. The van der Waals surface area contributed by atoms with E-state index >= 15 is 0 Å². The van der Waals surface area contributed by atoms with E-state index in [4.69, 9.17) is 9.84 Å². The molecule has 6 heteroatoms. The van der Waals surface area contributed by atoms with Crippen molar-refractivity contribution in [2.75, 3.05) is 13.6 Å². The molecule has 130 valence electrons. The van der Waals surface area contributed by atoms with Gasteiger partial charge in [-0.3, -0.25) is 4.79 Å². The molecule has 0 saturated carbocycles. The number of nitrogens with zero attached hydrogens (tertiary/aromatic N) is 1. The smallest absolute Gasteiger partial charge is 0.414 e. The first-order valence-corrected chi connectivity index (χ1v) is 8.11. The number of H-pyrrole nitrogens is 1. The van der Waals surface area contributed by atoms with Gasteiger partial charge in [-0.05, 0) is 36.5 Å². The Bertz CT molecular complexity index is 721. The third kappa shape index (κ3) is 4.75. The van der Waals surface area contributed by atoms with Crippen molar-refractivity contribution in [2.45, 2.75) is 33.1 Å². The van der Waals surface area contributed by atoms with E-state index in [9.17, 15) is 9.59 Å². The van der Waals surface area contributed by atoms with Gasteiger partial charge in [0.1, 0.15) is 5.75 Å². The number of nitrogens with one attached hydrogen (secondary N) is 1. The van der Waals surface area contributed by atoms with Crippen molar-refractivity contribution in [2.24, 2.45) is 5.92 Å². The molecule has 0 saturated heterocycles. The van der Waals surface area contributed by atoms with Crippen molar-refractivity contribution in [3.63, 3.8) is 0 Å². The quantitative estimate of drug-likeness (QED) is 0.810. The Labute approximate surface area is 141 Å². The number of aromatic nitrogens is 1. The second-order valence-corrected chi connectivity index (χ2v) is 6.39. The summed E-state index contributed by atoms with van der Waals surface area (Å²) in [7, 11) is 1.72. The molecule has 0 spiro atoms. The molecule has 1 heterocycles. The minimum absolute atomic E-state index is 0.0876. The van der Waals surface area contributed by atoms with Gasteiger partial charge < -0.3 is 19.7 Å². The predicted molar refractivity (Wildman–Crippen MR) is 92.4 cm³/mol. The average molecular weight is 332 g/mol. The van der Waals surface area contributed by atoms with Crippen LogP contribution in [0.4, 0.5) is 4.79 Å². The van der Waals surface area contributed by atoms with E-state index in [2.05, 4.69) is 18.8 Å². The molecular weight excluding hydrogens is 308 g/mol. The van der Waals surface area contributed by atoms with Crippen molar-refractivity contribution in [3.8, 4) is 5.75 Å². The summed E-state index contributed by atoms with van der Waals surface area (Å²) in [4.78, 5) is 27.4. The molecule has 0 aliphatic heterocycles. The second kappa shape index (κ2) is 7.86. The first-order chi connectivity index (χ1) is 11.4. The number of fused-ring (bicyclic) bond motifs is 1. The highest BCUT2D eigenvalue weighted by atomic mass is 16.6. The topological polar surface area (TPSA) is 82.6 Å². The molecule has 0 aliphatic rings. The van der Waals surface area contributed by atoms with Gasteiger partial charge in [0.05, 0.1) is 0 Å². The summed E-state index contributed by atoms with van der Waals surface area (Å²) in [6, 6.07) is 5.34. The maximum Gasteiger partial charge on any atom is 0.414 e. The maximum absolute atomic E-state index is 12.1. The lowest BCUT2D eigenvalue weighted by molar-refractivity contribution is -0.136. The number of carboxylic acid groups (broad SMARTS) is 1. The first-order valence-electron chi connectivity index (χ1n) is 8.11. The Kier molecular flexibility index (Phi) is 5.84. The van der Waals surface area contributed by atoms with E-state index in [-0.39, 0.29) is 12.5 Å². The lowest BCUT2D eigenvalue weighted by atomic mass is 10.1. The normalized spacial score (nSPS) is 11.0. The first kappa shape index (κ1) is 17.8. The van der Waals surface area contributed by atoms with Crippen LogP contribution in [0, 0.1) is 5.92 Å². The molecule has 0 bridgehead atoms. The maximum atomic E-state index is 12.1. The minimum Gasteiger partial charge on any atom is -0.481 e. The molecule has 0 radical (unpaired) electrons. The largest absolute Gasteiger partial charge is 0.481 e. The predicted octanol–water partition coefficient (Wildman–Crippen LogP) is 3.66. The summed E-state index contributed by atoms with van der Waals surface area (Å²) >= 11 is 0. The third-order valence-corrected chi connectivity index (χ3v) is 3.91. The number of rotatable bonds is 7. The van der Waals surface area contributed by atoms with Crippen molar-refractivity contribution < 1.29 is 19.4 Å². The van der Waals surface area contributed by atoms with Gasteiger partial charge in [-0.2, -0.15) is 0 Å². The average Bonchev–Trinajstić information content (AvgIpc) is 2.92. The molecule has 1 amide bonds. The third-order valence-electron chi connectivity index (χ3n) is 3.91. The van der Waals surface area contributed by atoms with E-state index < -0.39 is 5.97 Å². The van der Waals surface area contributed by atoms with Gasteiger partial charge in [0.15, 0.2) is 0 Å². The Hall–Kier alpha value is -2.50. The Morgan fingerprint density at radius 1 is 1.33 bits per heavy atom. The van der Waals surface area contributed by atoms with E-state index in [0.717, 1.165) is 22.9 Å². The molecule has 1 aromatic heterocycles. The Balaban J connectivity index is 2.03. The van der Waals surface area contributed by atoms with Crippen molar-refractivity contribution in [1.82, 2.24) is 9.88 Å². The highest BCUT2D eigenvalue weighted by molar-refractivity contribution is 5.85. The van der Waals surface area contributed by atoms with Gasteiger partial charge in [-0.15, -0.1) is 0 Å². The number of carboxylic acids is 1. The molecule has 0 unspecified atom stereocenters. The number of amides is 1. The van der Waals surface area contributed by atoms with Crippen LogP contribution in [0.1, 0.15) is 32.3 Å². The fourth-order valence-electron chi connectivity index (χ4n) is 2.40. The zero-order chi connectivity index (χ0) is 17.7. The van der Waals surface area contributed by atoms with Crippen LogP contribution in [0.15, 0.2) is 24.4 Å².